The van der Waals surface area contributed by atoms with Crippen molar-refractivity contribution in [3.8, 4) is 6.07 Å². The minimum absolute atomic E-state index is 0.158. The first-order valence-corrected chi connectivity index (χ1v) is 9.37. The molecule has 1 atom stereocenters. The molecule has 0 unspecified atom stereocenters. The number of amides is 1. The van der Waals surface area contributed by atoms with E-state index in [1.807, 2.05) is 23.1 Å². The predicted octanol–water partition coefficient (Wildman–Crippen LogP) is 3.24. The van der Waals surface area contributed by atoms with E-state index in [2.05, 4.69) is 39.3 Å². The first-order valence-electron chi connectivity index (χ1n) is 9.37. The van der Waals surface area contributed by atoms with Crippen molar-refractivity contribution < 1.29 is 9.28 Å². The molecule has 25 heavy (non-hydrogen) atoms. The Morgan fingerprint density at radius 1 is 1.20 bits per heavy atom. The van der Waals surface area contributed by atoms with Crippen LogP contribution in [0.5, 0.6) is 0 Å². The van der Waals surface area contributed by atoms with E-state index in [0.29, 0.717) is 6.42 Å². The van der Waals surface area contributed by atoms with Gasteiger partial charge in [0, 0.05) is 19.5 Å². The molecule has 0 spiro atoms. The van der Waals surface area contributed by atoms with Gasteiger partial charge < -0.3 is 9.38 Å². The maximum absolute atomic E-state index is 12.5. The highest BCUT2D eigenvalue weighted by molar-refractivity contribution is 5.78. The Bertz CT molecular complexity index is 600. The van der Waals surface area contributed by atoms with Gasteiger partial charge in [0.2, 0.25) is 5.91 Å². The van der Waals surface area contributed by atoms with Gasteiger partial charge in [-0.3, -0.25) is 4.79 Å². The standard InChI is InChI=1S/C21H32N3O/c1-24(2,3)16-8-7-14-23-15-13-21(18-22,17-20(23)25)12-11-19-9-5-4-6-10-19/h4-6,9-10H,7-8,11-17H2,1-3H3/q+1/t21-/m1/s1. The fourth-order valence-corrected chi connectivity index (χ4v) is 3.48. The summed E-state index contributed by atoms with van der Waals surface area (Å²) in [7, 11) is 6.58. The van der Waals surface area contributed by atoms with Gasteiger partial charge in [0.1, 0.15) is 0 Å². The molecule has 0 radical (unpaired) electrons. The van der Waals surface area contributed by atoms with Crippen molar-refractivity contribution in [2.75, 3.05) is 40.8 Å². The maximum Gasteiger partial charge on any atom is 0.224 e. The van der Waals surface area contributed by atoms with Crippen LogP contribution in [-0.4, -0.2) is 56.1 Å². The average Bonchev–Trinajstić information content (AvgIpc) is 2.58. The van der Waals surface area contributed by atoms with Crippen LogP contribution in [0, 0.1) is 16.7 Å². The number of nitrogens with zero attached hydrogens (tertiary/aromatic N) is 3. The lowest BCUT2D eigenvalue weighted by Crippen LogP contribution is -2.44. The second kappa shape index (κ2) is 8.49. The minimum atomic E-state index is -0.480. The number of carbonyl (C=O) groups excluding carboxylic acids is 1. The first kappa shape index (κ1) is 19.5. The first-order chi connectivity index (χ1) is 11.8. The number of hydrogen-bond acceptors (Lipinski definition) is 2. The largest absolute Gasteiger partial charge is 0.343 e. The molecule has 1 heterocycles. The topological polar surface area (TPSA) is 44.1 Å². The predicted molar refractivity (Wildman–Crippen MR) is 101 cm³/mol. The molecule has 1 aromatic rings. The number of piperidine rings is 1. The van der Waals surface area contributed by atoms with Gasteiger partial charge in [0.15, 0.2) is 0 Å². The van der Waals surface area contributed by atoms with E-state index < -0.39 is 5.41 Å². The molecule has 1 saturated heterocycles. The minimum Gasteiger partial charge on any atom is -0.343 e. The molecule has 0 N–H and O–H groups in total. The van der Waals surface area contributed by atoms with Crippen molar-refractivity contribution in [1.29, 1.82) is 5.26 Å². The quantitative estimate of drug-likeness (QED) is 0.538. The summed E-state index contributed by atoms with van der Waals surface area (Å²) in [4.78, 5) is 14.5. The van der Waals surface area contributed by atoms with Crippen molar-refractivity contribution >= 4 is 5.91 Å². The number of benzene rings is 1. The molecule has 0 saturated carbocycles. The lowest BCUT2D eigenvalue weighted by atomic mass is 9.75. The van der Waals surface area contributed by atoms with Gasteiger partial charge in [0.25, 0.3) is 0 Å². The number of hydrogen-bond donors (Lipinski definition) is 0. The van der Waals surface area contributed by atoms with Crippen LogP contribution >= 0.6 is 0 Å². The molecule has 0 aromatic heterocycles. The number of nitriles is 1. The fourth-order valence-electron chi connectivity index (χ4n) is 3.48. The van der Waals surface area contributed by atoms with Crippen molar-refractivity contribution in [3.05, 3.63) is 35.9 Å². The molecule has 2 rings (SSSR count). The van der Waals surface area contributed by atoms with Crippen molar-refractivity contribution in [3.63, 3.8) is 0 Å². The zero-order chi connectivity index (χ0) is 18.3. The van der Waals surface area contributed by atoms with Crippen LogP contribution in [0.25, 0.3) is 0 Å². The van der Waals surface area contributed by atoms with Crippen LogP contribution in [0.1, 0.15) is 37.7 Å². The molecular weight excluding hydrogens is 310 g/mol. The van der Waals surface area contributed by atoms with Crippen molar-refractivity contribution in [1.82, 2.24) is 4.90 Å². The van der Waals surface area contributed by atoms with Crippen LogP contribution in [-0.2, 0) is 11.2 Å². The normalized spacial score (nSPS) is 21.2. The number of rotatable bonds is 8. The van der Waals surface area contributed by atoms with Gasteiger partial charge in [-0.25, -0.2) is 0 Å². The smallest absolute Gasteiger partial charge is 0.224 e. The van der Waals surface area contributed by atoms with Gasteiger partial charge in [0.05, 0.1) is 39.2 Å². The summed E-state index contributed by atoms with van der Waals surface area (Å²) in [5.74, 6) is 0.158. The third-order valence-corrected chi connectivity index (χ3v) is 5.18. The number of unbranched alkanes of at least 4 members (excludes halogenated alkanes) is 1. The van der Waals surface area contributed by atoms with Gasteiger partial charge in [-0.15, -0.1) is 0 Å². The van der Waals surface area contributed by atoms with E-state index in [9.17, 15) is 10.1 Å². The summed E-state index contributed by atoms with van der Waals surface area (Å²) in [6.07, 6.45) is 5.00. The molecule has 1 amide bonds. The highest BCUT2D eigenvalue weighted by atomic mass is 16.2. The molecule has 0 aliphatic carbocycles. The van der Waals surface area contributed by atoms with E-state index in [-0.39, 0.29) is 5.91 Å². The maximum atomic E-state index is 12.5. The number of quaternary nitrogens is 1. The third kappa shape index (κ3) is 6.17. The Balaban J connectivity index is 1.81. The van der Waals surface area contributed by atoms with E-state index in [1.54, 1.807) is 0 Å². The lowest BCUT2D eigenvalue weighted by Gasteiger charge is -2.37. The van der Waals surface area contributed by atoms with Gasteiger partial charge >= 0.3 is 0 Å². The van der Waals surface area contributed by atoms with Crippen LogP contribution in [0.2, 0.25) is 0 Å². The zero-order valence-electron chi connectivity index (χ0n) is 16.0. The lowest BCUT2D eigenvalue weighted by molar-refractivity contribution is -0.870. The van der Waals surface area contributed by atoms with Crippen molar-refractivity contribution in [2.45, 2.75) is 38.5 Å². The Morgan fingerprint density at radius 3 is 2.52 bits per heavy atom. The Hall–Kier alpha value is -1.86. The summed E-state index contributed by atoms with van der Waals surface area (Å²) in [5, 5.41) is 9.70. The zero-order valence-corrected chi connectivity index (χ0v) is 16.0. The van der Waals surface area contributed by atoms with Gasteiger partial charge in [-0.2, -0.15) is 5.26 Å². The van der Waals surface area contributed by atoms with Crippen molar-refractivity contribution in [2.24, 2.45) is 5.41 Å². The number of aryl methyl sites for hydroxylation is 1. The van der Waals surface area contributed by atoms with Crippen LogP contribution in [0.4, 0.5) is 0 Å². The van der Waals surface area contributed by atoms with E-state index >= 15 is 0 Å². The summed E-state index contributed by atoms with van der Waals surface area (Å²) in [5.41, 5.74) is 0.762. The van der Waals surface area contributed by atoms with Crippen LogP contribution in [0.15, 0.2) is 30.3 Å². The third-order valence-electron chi connectivity index (χ3n) is 5.18. The highest BCUT2D eigenvalue weighted by Gasteiger charge is 2.38. The molecule has 136 valence electrons. The summed E-state index contributed by atoms with van der Waals surface area (Å²) in [6.45, 7) is 2.69. The summed E-state index contributed by atoms with van der Waals surface area (Å²) < 4.78 is 0.963. The molecule has 4 heteroatoms. The van der Waals surface area contributed by atoms with E-state index in [1.165, 1.54) is 5.56 Å². The number of likely N-dealkylation sites (tertiary alicyclic amines) is 1. The SMILES string of the molecule is C[N+](C)(C)CCCCN1CC[C@](C#N)(CCc2ccccc2)CC1=O. The molecule has 1 aliphatic heterocycles. The Kier molecular flexibility index (Phi) is 6.61. The Labute approximate surface area is 152 Å². The van der Waals surface area contributed by atoms with Crippen LogP contribution in [0.3, 0.4) is 0 Å². The Morgan fingerprint density at radius 2 is 1.92 bits per heavy atom. The van der Waals surface area contributed by atoms with Crippen LogP contribution < -0.4 is 0 Å². The fraction of sp³-hybridized carbons (Fsp3) is 0.619. The van der Waals surface area contributed by atoms with Gasteiger partial charge in [-0.1, -0.05) is 30.3 Å². The number of carbonyl (C=O) groups is 1. The summed E-state index contributed by atoms with van der Waals surface area (Å²) >= 11 is 0. The monoisotopic (exact) mass is 342 g/mol. The van der Waals surface area contributed by atoms with E-state index in [0.717, 1.165) is 56.2 Å². The molecule has 1 aromatic carbocycles. The molecule has 1 aliphatic rings. The molecular formula is C21H32N3O+. The molecule has 0 bridgehead atoms. The second-order valence-electron chi connectivity index (χ2n) is 8.41. The van der Waals surface area contributed by atoms with E-state index in [4.69, 9.17) is 0 Å². The highest BCUT2D eigenvalue weighted by Crippen LogP contribution is 2.36. The summed E-state index contributed by atoms with van der Waals surface area (Å²) in [6, 6.07) is 12.7. The molecule has 4 nitrogen and oxygen atoms in total. The van der Waals surface area contributed by atoms with Gasteiger partial charge in [-0.05, 0) is 37.7 Å². The second-order valence-corrected chi connectivity index (χ2v) is 8.41. The average molecular weight is 343 g/mol. The molecule has 1 fully saturated rings.